The maximum atomic E-state index is 13.7. The van der Waals surface area contributed by atoms with E-state index in [4.69, 9.17) is 9.47 Å². The first-order chi connectivity index (χ1) is 14.3. The molecule has 0 spiro atoms. The van der Waals surface area contributed by atoms with Gasteiger partial charge in [0.05, 0.1) is 37.1 Å². The summed E-state index contributed by atoms with van der Waals surface area (Å²) in [6.45, 7) is 0. The van der Waals surface area contributed by atoms with Gasteiger partial charge in [0.2, 0.25) is 17.7 Å². The highest BCUT2D eigenvalue weighted by Crippen LogP contribution is 2.40. The maximum absolute atomic E-state index is 13.7. The van der Waals surface area contributed by atoms with E-state index in [1.54, 1.807) is 0 Å². The number of nitrogens with zero attached hydrogens (tertiary/aromatic N) is 3. The highest BCUT2D eigenvalue weighted by molar-refractivity contribution is 6.11. The van der Waals surface area contributed by atoms with Crippen LogP contribution in [0, 0.1) is 0 Å². The zero-order valence-corrected chi connectivity index (χ0v) is 15.8. The Morgan fingerprint density at radius 3 is 2.10 bits per heavy atom. The maximum Gasteiger partial charge on any atom is 0.418 e. The molecule has 30 heavy (non-hydrogen) atoms. The number of amides is 1. The number of carbonyl (C=O) groups is 1. The fraction of sp³-hybridized carbons (Fsp3) is 0.150. The summed E-state index contributed by atoms with van der Waals surface area (Å²) < 4.78 is 51.1. The second-order valence-corrected chi connectivity index (χ2v) is 5.93. The van der Waals surface area contributed by atoms with Gasteiger partial charge in [-0.1, -0.05) is 24.3 Å². The van der Waals surface area contributed by atoms with Crippen molar-refractivity contribution in [3.8, 4) is 17.5 Å². The van der Waals surface area contributed by atoms with E-state index < -0.39 is 35.0 Å². The number of aromatic nitrogens is 2. The van der Waals surface area contributed by atoms with Crippen molar-refractivity contribution in [3.05, 3.63) is 65.7 Å². The molecule has 0 saturated carbocycles. The number of benzene rings is 2. The second kappa shape index (κ2) is 8.27. The number of rotatable bonds is 5. The monoisotopic (exact) mass is 419 g/mol. The van der Waals surface area contributed by atoms with E-state index in [1.165, 1.54) is 56.7 Å². The fourth-order valence-corrected chi connectivity index (χ4v) is 2.69. The van der Waals surface area contributed by atoms with Crippen molar-refractivity contribution in [3.63, 3.8) is 0 Å². The van der Waals surface area contributed by atoms with E-state index in [0.717, 1.165) is 12.1 Å². The van der Waals surface area contributed by atoms with Crippen molar-refractivity contribution in [2.75, 3.05) is 19.1 Å². The molecule has 0 atom stereocenters. The molecule has 0 aliphatic heterocycles. The lowest BCUT2D eigenvalue weighted by molar-refractivity contribution is -0.137. The number of hydrogen-bond donors (Lipinski definition) is 1. The van der Waals surface area contributed by atoms with E-state index in [-0.39, 0.29) is 17.3 Å². The van der Waals surface area contributed by atoms with Crippen LogP contribution in [0.5, 0.6) is 17.5 Å². The summed E-state index contributed by atoms with van der Waals surface area (Å²) in [5.41, 5.74) is -1.84. The Balaban J connectivity index is 2.29. The average molecular weight is 419 g/mol. The zero-order valence-electron chi connectivity index (χ0n) is 15.8. The second-order valence-electron chi connectivity index (χ2n) is 5.93. The van der Waals surface area contributed by atoms with Crippen LogP contribution < -0.4 is 14.4 Å². The molecular weight excluding hydrogens is 403 g/mol. The van der Waals surface area contributed by atoms with E-state index in [9.17, 15) is 23.1 Å². The first kappa shape index (κ1) is 20.9. The normalized spacial score (nSPS) is 11.1. The Morgan fingerprint density at radius 2 is 1.53 bits per heavy atom. The fourth-order valence-electron chi connectivity index (χ4n) is 2.69. The van der Waals surface area contributed by atoms with Crippen molar-refractivity contribution in [2.24, 2.45) is 0 Å². The third kappa shape index (κ3) is 4.12. The Hall–Kier alpha value is -3.82. The van der Waals surface area contributed by atoms with Crippen molar-refractivity contribution in [1.82, 2.24) is 9.97 Å². The molecule has 156 valence electrons. The predicted molar refractivity (Wildman–Crippen MR) is 101 cm³/mol. The topological polar surface area (TPSA) is 84.8 Å². The highest BCUT2D eigenvalue weighted by Gasteiger charge is 2.38. The lowest BCUT2D eigenvalue weighted by atomic mass is 10.1. The van der Waals surface area contributed by atoms with Crippen LogP contribution in [-0.4, -0.2) is 35.2 Å². The predicted octanol–water partition coefficient (Wildman–Crippen LogP) is 4.20. The van der Waals surface area contributed by atoms with Gasteiger partial charge >= 0.3 is 6.18 Å². The Morgan fingerprint density at radius 1 is 0.967 bits per heavy atom. The summed E-state index contributed by atoms with van der Waals surface area (Å²) in [5, 5.41) is 10.1. The molecular formula is C20H16F3N3O4. The van der Waals surface area contributed by atoms with E-state index in [1.807, 2.05) is 0 Å². The molecule has 0 bridgehead atoms. The molecule has 3 aromatic rings. The van der Waals surface area contributed by atoms with Crippen LogP contribution in [0.4, 0.5) is 24.8 Å². The largest absolute Gasteiger partial charge is 0.507 e. The third-order valence-electron chi connectivity index (χ3n) is 4.07. The van der Waals surface area contributed by atoms with Gasteiger partial charge in [-0.25, -0.2) is 4.90 Å². The molecule has 10 heteroatoms. The quantitative estimate of drug-likeness (QED) is 0.667. The Kier molecular flexibility index (Phi) is 5.77. The number of halogens is 3. The van der Waals surface area contributed by atoms with Crippen molar-refractivity contribution >= 4 is 17.5 Å². The molecule has 1 aromatic heterocycles. The summed E-state index contributed by atoms with van der Waals surface area (Å²) in [5.74, 6) is -1.86. The molecule has 2 aromatic carbocycles. The summed E-state index contributed by atoms with van der Waals surface area (Å²) in [4.78, 5) is 22.0. The number of para-hydroxylation sites is 2. The minimum Gasteiger partial charge on any atom is -0.507 e. The number of aromatic hydroxyl groups is 1. The summed E-state index contributed by atoms with van der Waals surface area (Å²) >= 11 is 0. The zero-order chi connectivity index (χ0) is 21.9. The minimum absolute atomic E-state index is 0.0311. The SMILES string of the molecule is COc1cc(OC)nc(N(C(=O)c2ccccc2O)c2ccccc2C(F)(F)F)n1. The molecule has 1 N–H and O–H groups in total. The first-order valence-electron chi connectivity index (χ1n) is 8.52. The van der Waals surface area contributed by atoms with Crippen LogP contribution in [0.15, 0.2) is 54.6 Å². The molecule has 0 radical (unpaired) electrons. The molecule has 0 aliphatic carbocycles. The molecule has 1 heterocycles. The number of anilines is 2. The van der Waals surface area contributed by atoms with Gasteiger partial charge in [-0.2, -0.15) is 23.1 Å². The number of carbonyl (C=O) groups excluding carboxylic acids is 1. The van der Waals surface area contributed by atoms with Gasteiger partial charge in [-0.3, -0.25) is 4.79 Å². The molecule has 0 unspecified atom stereocenters. The minimum atomic E-state index is -4.77. The molecule has 0 aliphatic rings. The number of ether oxygens (including phenoxy) is 2. The highest BCUT2D eigenvalue weighted by atomic mass is 19.4. The van der Waals surface area contributed by atoms with Crippen LogP contribution in [0.2, 0.25) is 0 Å². The van der Waals surface area contributed by atoms with Gasteiger partial charge in [0.1, 0.15) is 5.75 Å². The van der Waals surface area contributed by atoms with Crippen molar-refractivity contribution < 1.29 is 32.5 Å². The molecule has 1 amide bonds. The van der Waals surface area contributed by atoms with Crippen LogP contribution in [0.1, 0.15) is 15.9 Å². The van der Waals surface area contributed by atoms with Gasteiger partial charge in [0.15, 0.2) is 0 Å². The van der Waals surface area contributed by atoms with E-state index >= 15 is 0 Å². The van der Waals surface area contributed by atoms with Crippen LogP contribution >= 0.6 is 0 Å². The van der Waals surface area contributed by atoms with Crippen LogP contribution in [0.3, 0.4) is 0 Å². The Labute approximate surface area is 169 Å². The number of alkyl halides is 3. The van der Waals surface area contributed by atoms with Crippen LogP contribution in [0.25, 0.3) is 0 Å². The van der Waals surface area contributed by atoms with E-state index in [2.05, 4.69) is 9.97 Å². The number of phenolic OH excluding ortho intramolecular Hbond substituents is 1. The number of phenols is 1. The van der Waals surface area contributed by atoms with Crippen molar-refractivity contribution in [2.45, 2.75) is 6.18 Å². The number of methoxy groups -OCH3 is 2. The molecule has 0 saturated heterocycles. The lowest BCUT2D eigenvalue weighted by Crippen LogP contribution is -2.30. The average Bonchev–Trinajstić information content (AvgIpc) is 2.73. The van der Waals surface area contributed by atoms with E-state index in [0.29, 0.717) is 4.90 Å². The smallest absolute Gasteiger partial charge is 0.418 e. The lowest BCUT2D eigenvalue weighted by Gasteiger charge is -2.25. The first-order valence-corrected chi connectivity index (χ1v) is 8.52. The summed E-state index contributed by atoms with van der Waals surface area (Å²) in [6, 6.07) is 11.2. The van der Waals surface area contributed by atoms with Crippen LogP contribution in [-0.2, 0) is 6.18 Å². The molecule has 7 nitrogen and oxygen atoms in total. The third-order valence-corrected chi connectivity index (χ3v) is 4.07. The van der Waals surface area contributed by atoms with Gasteiger partial charge in [-0.05, 0) is 24.3 Å². The van der Waals surface area contributed by atoms with Gasteiger partial charge in [0, 0.05) is 0 Å². The van der Waals surface area contributed by atoms with Gasteiger partial charge < -0.3 is 14.6 Å². The van der Waals surface area contributed by atoms with Gasteiger partial charge in [-0.15, -0.1) is 0 Å². The molecule has 0 fully saturated rings. The molecule has 3 rings (SSSR count). The summed E-state index contributed by atoms with van der Waals surface area (Å²) in [6.07, 6.45) is -4.77. The van der Waals surface area contributed by atoms with Crippen molar-refractivity contribution in [1.29, 1.82) is 0 Å². The van der Waals surface area contributed by atoms with Gasteiger partial charge in [0.25, 0.3) is 5.91 Å². The summed E-state index contributed by atoms with van der Waals surface area (Å²) in [7, 11) is 2.59. The Bertz CT molecular complexity index is 1050. The standard InChI is InChI=1S/C20H16F3N3O4/c1-29-16-11-17(30-2)25-19(24-16)26(18(28)12-7-3-6-10-15(12)27)14-9-5-4-8-13(14)20(21,22)23/h3-11,27H,1-2H3. The number of hydrogen-bond acceptors (Lipinski definition) is 6.